The fourth-order valence-electron chi connectivity index (χ4n) is 0.371. The zero-order valence-corrected chi connectivity index (χ0v) is 7.56. The number of ether oxygens (including phenoxy) is 1. The van der Waals surface area contributed by atoms with Crippen molar-refractivity contribution >= 4 is 21.9 Å². The summed E-state index contributed by atoms with van der Waals surface area (Å²) in [5.41, 5.74) is 5.19. The van der Waals surface area contributed by atoms with Gasteiger partial charge in [-0.05, 0) is 19.9 Å². The summed E-state index contributed by atoms with van der Waals surface area (Å²) in [6.07, 6.45) is 0.728. The molecular formula is C6H12BrNO2. The van der Waals surface area contributed by atoms with Gasteiger partial charge in [0.1, 0.15) is 4.83 Å². The molecule has 0 fully saturated rings. The predicted octanol–water partition coefficient (Wildman–Crippen LogP) is 0.662. The van der Waals surface area contributed by atoms with Crippen LogP contribution in [0.3, 0.4) is 0 Å². The fourth-order valence-corrected chi connectivity index (χ4v) is 0.503. The van der Waals surface area contributed by atoms with E-state index in [1.165, 1.54) is 0 Å². The lowest BCUT2D eigenvalue weighted by Crippen LogP contribution is -2.16. The van der Waals surface area contributed by atoms with Crippen LogP contribution in [-0.2, 0) is 9.53 Å². The van der Waals surface area contributed by atoms with Gasteiger partial charge in [0.15, 0.2) is 0 Å². The van der Waals surface area contributed by atoms with Crippen LogP contribution in [0.1, 0.15) is 13.3 Å². The summed E-state index contributed by atoms with van der Waals surface area (Å²) in [6, 6.07) is 0. The number of alkyl halides is 1. The Morgan fingerprint density at radius 1 is 1.80 bits per heavy atom. The van der Waals surface area contributed by atoms with E-state index in [0.29, 0.717) is 13.2 Å². The van der Waals surface area contributed by atoms with E-state index >= 15 is 0 Å². The number of nitrogens with two attached hydrogens (primary N) is 1. The summed E-state index contributed by atoms with van der Waals surface area (Å²) in [6.45, 7) is 2.71. The van der Waals surface area contributed by atoms with Crippen LogP contribution in [0.25, 0.3) is 0 Å². The van der Waals surface area contributed by atoms with Crippen molar-refractivity contribution in [1.82, 2.24) is 0 Å². The van der Waals surface area contributed by atoms with Crippen LogP contribution in [0.2, 0.25) is 0 Å². The maximum Gasteiger partial charge on any atom is 0.319 e. The molecule has 0 radical (unpaired) electrons. The third kappa shape index (κ3) is 4.76. The number of rotatable bonds is 4. The summed E-state index contributed by atoms with van der Waals surface area (Å²) in [7, 11) is 0. The molecule has 0 aromatic heterocycles. The molecule has 3 nitrogen and oxygen atoms in total. The molecule has 0 aromatic carbocycles. The van der Waals surface area contributed by atoms with Gasteiger partial charge in [0.2, 0.25) is 0 Å². The SMILES string of the molecule is CC(Br)C(=O)OCCCN. The molecule has 1 unspecified atom stereocenters. The van der Waals surface area contributed by atoms with E-state index in [0.717, 1.165) is 6.42 Å². The highest BCUT2D eigenvalue weighted by molar-refractivity contribution is 9.10. The Labute approximate surface area is 69.0 Å². The highest BCUT2D eigenvalue weighted by Gasteiger charge is 2.08. The normalized spacial score (nSPS) is 12.7. The highest BCUT2D eigenvalue weighted by atomic mass is 79.9. The van der Waals surface area contributed by atoms with Crippen LogP contribution in [-0.4, -0.2) is 23.9 Å². The topological polar surface area (TPSA) is 52.3 Å². The molecule has 0 rings (SSSR count). The van der Waals surface area contributed by atoms with Gasteiger partial charge in [-0.3, -0.25) is 4.79 Å². The molecule has 60 valence electrons. The molecular weight excluding hydrogens is 198 g/mol. The maximum absolute atomic E-state index is 10.7. The molecule has 0 aromatic rings. The van der Waals surface area contributed by atoms with Crippen LogP contribution in [0.4, 0.5) is 0 Å². The number of carbonyl (C=O) groups is 1. The Hall–Kier alpha value is -0.0900. The van der Waals surface area contributed by atoms with Crippen molar-refractivity contribution in [3.05, 3.63) is 0 Å². The van der Waals surface area contributed by atoms with E-state index in [-0.39, 0.29) is 10.8 Å². The van der Waals surface area contributed by atoms with Gasteiger partial charge < -0.3 is 10.5 Å². The maximum atomic E-state index is 10.7. The molecule has 2 N–H and O–H groups in total. The van der Waals surface area contributed by atoms with E-state index in [1.54, 1.807) is 6.92 Å². The molecule has 0 spiro atoms. The fraction of sp³-hybridized carbons (Fsp3) is 0.833. The number of carbonyl (C=O) groups excluding carboxylic acids is 1. The first-order chi connectivity index (χ1) is 4.68. The molecule has 0 aliphatic rings. The average Bonchev–Trinajstić information content (AvgIpc) is 1.88. The monoisotopic (exact) mass is 209 g/mol. The quantitative estimate of drug-likeness (QED) is 0.421. The Balaban J connectivity index is 3.22. The second kappa shape index (κ2) is 5.68. The molecule has 10 heavy (non-hydrogen) atoms. The lowest BCUT2D eigenvalue weighted by Gasteiger charge is -2.03. The Kier molecular flexibility index (Phi) is 5.63. The molecule has 0 aliphatic heterocycles. The van der Waals surface area contributed by atoms with E-state index in [1.807, 2.05) is 0 Å². The van der Waals surface area contributed by atoms with Gasteiger partial charge in [0.25, 0.3) is 0 Å². The summed E-state index contributed by atoms with van der Waals surface area (Å²) >= 11 is 3.09. The van der Waals surface area contributed by atoms with Crippen LogP contribution >= 0.6 is 15.9 Å². The molecule has 0 bridgehead atoms. The van der Waals surface area contributed by atoms with Crippen molar-refractivity contribution < 1.29 is 9.53 Å². The van der Waals surface area contributed by atoms with Crippen molar-refractivity contribution in [2.75, 3.05) is 13.2 Å². The first kappa shape index (κ1) is 9.91. The average molecular weight is 210 g/mol. The molecule has 0 aliphatic carbocycles. The molecule has 4 heteroatoms. The van der Waals surface area contributed by atoms with Crippen molar-refractivity contribution in [1.29, 1.82) is 0 Å². The second-order valence-corrected chi connectivity index (χ2v) is 3.30. The van der Waals surface area contributed by atoms with Crippen molar-refractivity contribution in [2.45, 2.75) is 18.2 Å². The molecule has 0 saturated heterocycles. The zero-order valence-electron chi connectivity index (χ0n) is 5.97. The van der Waals surface area contributed by atoms with Gasteiger partial charge in [-0.15, -0.1) is 0 Å². The molecule has 0 amide bonds. The van der Waals surface area contributed by atoms with E-state index in [2.05, 4.69) is 15.9 Å². The smallest absolute Gasteiger partial charge is 0.319 e. The lowest BCUT2D eigenvalue weighted by molar-refractivity contribution is -0.142. The van der Waals surface area contributed by atoms with Gasteiger partial charge in [-0.2, -0.15) is 0 Å². The van der Waals surface area contributed by atoms with Gasteiger partial charge in [-0.25, -0.2) is 0 Å². The number of hydrogen-bond donors (Lipinski definition) is 1. The number of esters is 1. The third-order valence-electron chi connectivity index (χ3n) is 0.918. The highest BCUT2D eigenvalue weighted by Crippen LogP contribution is 1.99. The first-order valence-electron chi connectivity index (χ1n) is 3.19. The number of hydrogen-bond acceptors (Lipinski definition) is 3. The second-order valence-electron chi connectivity index (χ2n) is 1.93. The molecule has 0 heterocycles. The van der Waals surface area contributed by atoms with Crippen LogP contribution in [0.5, 0.6) is 0 Å². The minimum absolute atomic E-state index is 0.217. The standard InChI is InChI=1S/C6H12BrNO2/c1-5(7)6(9)10-4-2-3-8/h5H,2-4,8H2,1H3. The van der Waals surface area contributed by atoms with E-state index in [9.17, 15) is 4.79 Å². The van der Waals surface area contributed by atoms with Crippen LogP contribution in [0, 0.1) is 0 Å². The minimum atomic E-state index is -0.228. The molecule has 1 atom stereocenters. The zero-order chi connectivity index (χ0) is 7.98. The van der Waals surface area contributed by atoms with Crippen molar-refractivity contribution in [3.63, 3.8) is 0 Å². The summed E-state index contributed by atoms with van der Waals surface area (Å²) in [5.74, 6) is -0.228. The van der Waals surface area contributed by atoms with Crippen LogP contribution < -0.4 is 5.73 Å². The first-order valence-corrected chi connectivity index (χ1v) is 4.11. The predicted molar refractivity (Wildman–Crippen MR) is 43.0 cm³/mol. The molecule has 0 saturated carbocycles. The van der Waals surface area contributed by atoms with Crippen molar-refractivity contribution in [2.24, 2.45) is 5.73 Å². The minimum Gasteiger partial charge on any atom is -0.465 e. The summed E-state index contributed by atoms with van der Waals surface area (Å²) in [4.78, 5) is 10.5. The van der Waals surface area contributed by atoms with Gasteiger partial charge >= 0.3 is 5.97 Å². The largest absolute Gasteiger partial charge is 0.465 e. The van der Waals surface area contributed by atoms with Crippen molar-refractivity contribution in [3.8, 4) is 0 Å². The third-order valence-corrected chi connectivity index (χ3v) is 1.29. The van der Waals surface area contributed by atoms with Crippen LogP contribution in [0.15, 0.2) is 0 Å². The van der Waals surface area contributed by atoms with E-state index < -0.39 is 0 Å². The van der Waals surface area contributed by atoms with E-state index in [4.69, 9.17) is 10.5 Å². The number of halogens is 1. The summed E-state index contributed by atoms with van der Waals surface area (Å²) in [5, 5.41) is 0. The Morgan fingerprint density at radius 3 is 2.80 bits per heavy atom. The lowest BCUT2D eigenvalue weighted by atomic mass is 10.4. The van der Waals surface area contributed by atoms with Gasteiger partial charge in [0, 0.05) is 0 Å². The Morgan fingerprint density at radius 2 is 2.40 bits per heavy atom. The summed E-state index contributed by atoms with van der Waals surface area (Å²) < 4.78 is 4.78. The van der Waals surface area contributed by atoms with Gasteiger partial charge in [-0.1, -0.05) is 15.9 Å². The Bertz CT molecular complexity index is 106. The van der Waals surface area contributed by atoms with Gasteiger partial charge in [0.05, 0.1) is 6.61 Å².